The van der Waals surface area contributed by atoms with Crippen LogP contribution in [-0.2, 0) is 6.54 Å². The number of carbonyl (C=O) groups excluding carboxylic acids is 1. The molecule has 0 radical (unpaired) electrons. The number of benzene rings is 1. The number of aromatic nitrogens is 2. The lowest BCUT2D eigenvalue weighted by Crippen LogP contribution is -2.39. The highest BCUT2D eigenvalue weighted by atomic mass is 35.5. The summed E-state index contributed by atoms with van der Waals surface area (Å²) in [5, 5.41) is 3.48. The Balaban J connectivity index is 1.46. The molecule has 0 aliphatic rings. The highest BCUT2D eigenvalue weighted by molar-refractivity contribution is 6.30. The van der Waals surface area contributed by atoms with Crippen molar-refractivity contribution in [3.05, 3.63) is 65.6 Å². The van der Waals surface area contributed by atoms with Crippen LogP contribution in [0.1, 0.15) is 5.69 Å². The maximum absolute atomic E-state index is 12.1. The molecule has 0 unspecified atom stereocenters. The van der Waals surface area contributed by atoms with Crippen molar-refractivity contribution in [1.29, 1.82) is 0 Å². The van der Waals surface area contributed by atoms with Crippen molar-refractivity contribution in [2.45, 2.75) is 6.54 Å². The zero-order chi connectivity index (χ0) is 17.6. The zero-order valence-corrected chi connectivity index (χ0v) is 14.6. The molecule has 0 atom stereocenters. The van der Waals surface area contributed by atoms with Crippen LogP contribution >= 0.6 is 11.6 Å². The van der Waals surface area contributed by atoms with Crippen LogP contribution in [0.4, 0.5) is 4.79 Å². The van der Waals surface area contributed by atoms with E-state index in [9.17, 15) is 4.79 Å². The summed E-state index contributed by atoms with van der Waals surface area (Å²) < 4.78 is 7.43. The van der Waals surface area contributed by atoms with E-state index in [1.807, 2.05) is 47.0 Å². The number of para-hydroxylation sites is 1. The molecular weight excluding hydrogens is 340 g/mol. The smallest absolute Gasteiger partial charge is 0.317 e. The third-order valence-corrected chi connectivity index (χ3v) is 3.89. The molecule has 0 bridgehead atoms. The topological polar surface area (TPSA) is 58.9 Å². The third kappa shape index (κ3) is 4.64. The SMILES string of the molecule is CN(CCOc1ccccc1)C(=O)NCc1cn2cc(Cl)ccc2n1. The van der Waals surface area contributed by atoms with Gasteiger partial charge in [-0.05, 0) is 24.3 Å². The Kier molecular flexibility index (Phi) is 5.40. The molecule has 0 fully saturated rings. The van der Waals surface area contributed by atoms with Crippen molar-refractivity contribution in [1.82, 2.24) is 19.6 Å². The quantitative estimate of drug-likeness (QED) is 0.736. The van der Waals surface area contributed by atoms with Crippen LogP contribution in [0.25, 0.3) is 5.65 Å². The summed E-state index contributed by atoms with van der Waals surface area (Å²) >= 11 is 5.95. The number of pyridine rings is 1. The summed E-state index contributed by atoms with van der Waals surface area (Å²) in [6.07, 6.45) is 3.63. The molecule has 6 nitrogen and oxygen atoms in total. The van der Waals surface area contributed by atoms with Crippen LogP contribution in [0.15, 0.2) is 54.9 Å². The largest absolute Gasteiger partial charge is 0.492 e. The van der Waals surface area contributed by atoms with Gasteiger partial charge in [0.1, 0.15) is 18.0 Å². The fraction of sp³-hybridized carbons (Fsp3) is 0.222. The molecular formula is C18H19ClN4O2. The molecule has 2 amide bonds. The van der Waals surface area contributed by atoms with Gasteiger partial charge in [-0.25, -0.2) is 9.78 Å². The molecule has 7 heteroatoms. The molecule has 130 valence electrons. The van der Waals surface area contributed by atoms with E-state index < -0.39 is 0 Å². The van der Waals surface area contributed by atoms with Gasteiger partial charge in [-0.15, -0.1) is 0 Å². The number of hydrogen-bond donors (Lipinski definition) is 1. The standard InChI is InChI=1S/C18H19ClN4O2/c1-22(9-10-25-16-5-3-2-4-6-16)18(24)20-11-15-13-23-12-14(19)7-8-17(23)21-15/h2-8,12-13H,9-11H2,1H3,(H,20,24). The van der Waals surface area contributed by atoms with Crippen molar-refractivity contribution in [3.63, 3.8) is 0 Å². The molecule has 0 aliphatic heterocycles. The minimum Gasteiger partial charge on any atom is -0.492 e. The zero-order valence-electron chi connectivity index (χ0n) is 13.9. The minimum absolute atomic E-state index is 0.174. The Labute approximate surface area is 151 Å². The van der Waals surface area contributed by atoms with E-state index in [4.69, 9.17) is 16.3 Å². The van der Waals surface area contributed by atoms with Crippen molar-refractivity contribution < 1.29 is 9.53 Å². The van der Waals surface area contributed by atoms with Crippen LogP contribution in [0, 0.1) is 0 Å². The van der Waals surface area contributed by atoms with E-state index in [0.717, 1.165) is 17.1 Å². The summed E-state index contributed by atoms with van der Waals surface area (Å²) in [7, 11) is 1.73. The average Bonchev–Trinajstić information content (AvgIpc) is 3.02. The first-order chi connectivity index (χ1) is 12.1. The molecule has 0 aliphatic carbocycles. The number of carbonyl (C=O) groups is 1. The average molecular weight is 359 g/mol. The fourth-order valence-corrected chi connectivity index (χ4v) is 2.49. The number of fused-ring (bicyclic) bond motifs is 1. The number of imidazole rings is 1. The van der Waals surface area contributed by atoms with Crippen molar-refractivity contribution in [2.24, 2.45) is 0 Å². The second-order valence-electron chi connectivity index (χ2n) is 5.59. The predicted octanol–water partition coefficient (Wildman–Crippen LogP) is 3.21. The number of ether oxygens (including phenoxy) is 1. The van der Waals surface area contributed by atoms with Gasteiger partial charge < -0.3 is 19.4 Å². The number of amides is 2. The van der Waals surface area contributed by atoms with Crippen molar-refractivity contribution >= 4 is 23.3 Å². The Morgan fingerprint density at radius 3 is 2.84 bits per heavy atom. The summed E-state index contributed by atoms with van der Waals surface area (Å²) in [4.78, 5) is 18.1. The Hall–Kier alpha value is -2.73. The molecule has 1 N–H and O–H groups in total. The molecule has 3 rings (SSSR count). The first-order valence-electron chi connectivity index (χ1n) is 7.92. The van der Waals surface area contributed by atoms with E-state index in [1.54, 1.807) is 24.2 Å². The maximum atomic E-state index is 12.1. The van der Waals surface area contributed by atoms with Crippen molar-refractivity contribution in [3.8, 4) is 5.75 Å². The Morgan fingerprint density at radius 1 is 1.24 bits per heavy atom. The third-order valence-electron chi connectivity index (χ3n) is 3.67. The van der Waals surface area contributed by atoms with Crippen LogP contribution in [-0.4, -0.2) is 40.5 Å². The molecule has 3 aromatic rings. The van der Waals surface area contributed by atoms with Gasteiger partial charge >= 0.3 is 6.03 Å². The van der Waals surface area contributed by atoms with E-state index in [-0.39, 0.29) is 6.03 Å². The van der Waals surface area contributed by atoms with Crippen LogP contribution in [0.3, 0.4) is 0 Å². The fourth-order valence-electron chi connectivity index (χ4n) is 2.32. The van der Waals surface area contributed by atoms with E-state index in [0.29, 0.717) is 24.7 Å². The van der Waals surface area contributed by atoms with Gasteiger partial charge in [0, 0.05) is 19.4 Å². The van der Waals surface area contributed by atoms with Gasteiger partial charge in [0.15, 0.2) is 0 Å². The maximum Gasteiger partial charge on any atom is 0.317 e. The first-order valence-corrected chi connectivity index (χ1v) is 8.29. The summed E-state index contributed by atoms with van der Waals surface area (Å²) in [5.41, 5.74) is 1.56. The Morgan fingerprint density at radius 2 is 2.04 bits per heavy atom. The number of rotatable bonds is 6. The van der Waals surface area contributed by atoms with Crippen molar-refractivity contribution in [2.75, 3.05) is 20.2 Å². The molecule has 0 spiro atoms. The van der Waals surface area contributed by atoms with Gasteiger partial charge in [-0.3, -0.25) is 0 Å². The number of nitrogens with zero attached hydrogens (tertiary/aromatic N) is 3. The molecule has 0 saturated heterocycles. The lowest BCUT2D eigenvalue weighted by molar-refractivity contribution is 0.195. The molecule has 2 heterocycles. The number of hydrogen-bond acceptors (Lipinski definition) is 3. The van der Waals surface area contributed by atoms with Gasteiger partial charge in [0.05, 0.1) is 23.8 Å². The Bertz CT molecular complexity index is 851. The highest BCUT2D eigenvalue weighted by Crippen LogP contribution is 2.11. The highest BCUT2D eigenvalue weighted by Gasteiger charge is 2.09. The van der Waals surface area contributed by atoms with Crippen LogP contribution in [0.5, 0.6) is 5.75 Å². The summed E-state index contributed by atoms with van der Waals surface area (Å²) in [6.45, 7) is 1.27. The van der Waals surface area contributed by atoms with E-state index in [2.05, 4.69) is 10.3 Å². The normalized spacial score (nSPS) is 10.6. The lowest BCUT2D eigenvalue weighted by atomic mass is 10.3. The van der Waals surface area contributed by atoms with Gasteiger partial charge in [-0.2, -0.15) is 0 Å². The second kappa shape index (κ2) is 7.90. The molecule has 0 saturated carbocycles. The lowest BCUT2D eigenvalue weighted by Gasteiger charge is -2.17. The van der Waals surface area contributed by atoms with Gasteiger partial charge in [0.25, 0.3) is 0 Å². The molecule has 1 aromatic carbocycles. The van der Waals surface area contributed by atoms with Gasteiger partial charge in [0.2, 0.25) is 0 Å². The number of urea groups is 1. The second-order valence-corrected chi connectivity index (χ2v) is 6.02. The minimum atomic E-state index is -0.174. The van der Waals surface area contributed by atoms with E-state index in [1.165, 1.54) is 0 Å². The summed E-state index contributed by atoms with van der Waals surface area (Å²) in [5.74, 6) is 0.791. The van der Waals surface area contributed by atoms with Gasteiger partial charge in [-0.1, -0.05) is 29.8 Å². The number of likely N-dealkylation sites (N-methyl/N-ethyl adjacent to an activating group) is 1. The van der Waals surface area contributed by atoms with Crippen LogP contribution in [0.2, 0.25) is 5.02 Å². The predicted molar refractivity (Wildman–Crippen MR) is 97.0 cm³/mol. The van der Waals surface area contributed by atoms with Crippen LogP contribution < -0.4 is 10.1 Å². The monoisotopic (exact) mass is 358 g/mol. The first kappa shape index (κ1) is 17.1. The molecule has 25 heavy (non-hydrogen) atoms. The number of halogens is 1. The number of nitrogens with one attached hydrogen (secondary N) is 1. The molecule has 2 aromatic heterocycles. The summed E-state index contributed by atoms with van der Waals surface area (Å²) in [6, 6.07) is 13.0. The van der Waals surface area contributed by atoms with E-state index >= 15 is 0 Å².